The number of carbonyl (C=O) groups is 2. The highest BCUT2D eigenvalue weighted by Crippen LogP contribution is 2.35. The van der Waals surface area contributed by atoms with E-state index in [-0.39, 0.29) is 10.9 Å². The summed E-state index contributed by atoms with van der Waals surface area (Å²) in [6, 6.07) is 17.3. The number of thiocarbonyl (C=S) groups is 1. The molecule has 1 fully saturated rings. The monoisotopic (exact) mass is 636 g/mol. The van der Waals surface area contributed by atoms with Crippen LogP contribution in [0.3, 0.4) is 0 Å². The minimum atomic E-state index is -0.439. The standard InChI is InChI=1S/C26H19BrCl2N2O4S2/c1-2-34-22-11-15(3-10-21(22)35-14-17-6-9-19(28)13-20(17)29)12-23-25(33)31(26(36)37-23)30-24(32)16-4-7-18(27)8-5-16/h3-13H,2,14H2,1H3,(H,30,32)/b23-12-. The fraction of sp³-hybridized carbons (Fsp3) is 0.115. The number of carbonyl (C=O) groups excluding carboxylic acids is 2. The minimum Gasteiger partial charge on any atom is -0.490 e. The summed E-state index contributed by atoms with van der Waals surface area (Å²) >= 11 is 22.0. The summed E-state index contributed by atoms with van der Waals surface area (Å²) in [6.07, 6.45) is 1.69. The number of hydrogen-bond acceptors (Lipinski definition) is 6. The first-order chi connectivity index (χ1) is 17.7. The van der Waals surface area contributed by atoms with Crippen molar-refractivity contribution in [3.63, 3.8) is 0 Å². The number of thioether (sulfide) groups is 1. The van der Waals surface area contributed by atoms with E-state index in [4.69, 9.17) is 44.9 Å². The summed E-state index contributed by atoms with van der Waals surface area (Å²) in [6.45, 7) is 2.52. The van der Waals surface area contributed by atoms with Gasteiger partial charge in [-0.05, 0) is 79.3 Å². The Bertz CT molecular complexity index is 1400. The Morgan fingerprint density at radius 2 is 1.84 bits per heavy atom. The van der Waals surface area contributed by atoms with E-state index in [1.54, 1.807) is 66.7 Å². The number of hydrazine groups is 1. The lowest BCUT2D eigenvalue weighted by Crippen LogP contribution is -2.44. The normalized spacial score (nSPS) is 14.3. The third-order valence-electron chi connectivity index (χ3n) is 5.08. The van der Waals surface area contributed by atoms with Crippen LogP contribution in [-0.2, 0) is 11.4 Å². The van der Waals surface area contributed by atoms with Gasteiger partial charge in [-0.3, -0.25) is 15.0 Å². The van der Waals surface area contributed by atoms with E-state index in [1.165, 1.54) is 0 Å². The van der Waals surface area contributed by atoms with E-state index in [0.717, 1.165) is 26.8 Å². The molecule has 0 spiro atoms. The third-order valence-corrected chi connectivity index (χ3v) is 7.49. The van der Waals surface area contributed by atoms with Gasteiger partial charge in [0.25, 0.3) is 11.8 Å². The molecule has 0 bridgehead atoms. The number of nitrogens with zero attached hydrogens (tertiary/aromatic N) is 1. The van der Waals surface area contributed by atoms with Gasteiger partial charge in [-0.25, -0.2) is 0 Å². The molecule has 0 radical (unpaired) electrons. The van der Waals surface area contributed by atoms with Gasteiger partial charge in [0.15, 0.2) is 15.8 Å². The van der Waals surface area contributed by atoms with E-state index >= 15 is 0 Å². The molecule has 2 amide bonds. The van der Waals surface area contributed by atoms with Crippen molar-refractivity contribution in [1.29, 1.82) is 0 Å². The molecule has 190 valence electrons. The van der Waals surface area contributed by atoms with E-state index in [1.807, 2.05) is 6.92 Å². The van der Waals surface area contributed by atoms with Crippen LogP contribution < -0.4 is 14.9 Å². The van der Waals surface area contributed by atoms with Gasteiger partial charge in [-0.2, -0.15) is 5.01 Å². The Morgan fingerprint density at radius 1 is 1.08 bits per heavy atom. The quantitative estimate of drug-likeness (QED) is 0.207. The molecule has 6 nitrogen and oxygen atoms in total. The highest BCUT2D eigenvalue weighted by Gasteiger charge is 2.33. The van der Waals surface area contributed by atoms with Gasteiger partial charge < -0.3 is 9.47 Å². The maximum Gasteiger partial charge on any atom is 0.285 e. The Balaban J connectivity index is 1.49. The average Bonchev–Trinajstić information content (AvgIpc) is 3.12. The summed E-state index contributed by atoms with van der Waals surface area (Å²) in [5.74, 6) is 0.182. The van der Waals surface area contributed by atoms with Crippen LogP contribution in [0.1, 0.15) is 28.4 Å². The first-order valence-electron chi connectivity index (χ1n) is 10.9. The third kappa shape index (κ3) is 6.86. The van der Waals surface area contributed by atoms with Crippen molar-refractivity contribution in [2.75, 3.05) is 6.61 Å². The molecule has 3 aromatic carbocycles. The van der Waals surface area contributed by atoms with Crippen molar-refractivity contribution in [1.82, 2.24) is 10.4 Å². The molecule has 37 heavy (non-hydrogen) atoms. The second kappa shape index (κ2) is 12.3. The van der Waals surface area contributed by atoms with Crippen molar-refractivity contribution in [3.8, 4) is 11.5 Å². The van der Waals surface area contributed by atoms with Crippen LogP contribution in [0.15, 0.2) is 70.0 Å². The summed E-state index contributed by atoms with van der Waals surface area (Å²) < 4.78 is 12.8. The van der Waals surface area contributed by atoms with Crippen LogP contribution in [0, 0.1) is 0 Å². The topological polar surface area (TPSA) is 67.9 Å². The predicted octanol–water partition coefficient (Wildman–Crippen LogP) is 7.28. The van der Waals surface area contributed by atoms with Gasteiger partial charge in [-0.1, -0.05) is 63.0 Å². The average molecular weight is 638 g/mol. The van der Waals surface area contributed by atoms with Crippen molar-refractivity contribution < 1.29 is 19.1 Å². The number of ether oxygens (including phenoxy) is 2. The molecular weight excluding hydrogens is 619 g/mol. The molecular formula is C26H19BrCl2N2O4S2. The molecule has 1 N–H and O–H groups in total. The maximum atomic E-state index is 13.0. The van der Waals surface area contributed by atoms with Gasteiger partial charge in [0, 0.05) is 25.6 Å². The molecule has 0 atom stereocenters. The van der Waals surface area contributed by atoms with Crippen molar-refractivity contribution >= 4 is 85.3 Å². The largest absolute Gasteiger partial charge is 0.490 e. The maximum absolute atomic E-state index is 13.0. The predicted molar refractivity (Wildman–Crippen MR) is 155 cm³/mol. The Kier molecular flexibility index (Phi) is 9.15. The highest BCUT2D eigenvalue weighted by atomic mass is 79.9. The van der Waals surface area contributed by atoms with Gasteiger partial charge >= 0.3 is 0 Å². The first kappa shape index (κ1) is 27.5. The van der Waals surface area contributed by atoms with E-state index in [0.29, 0.717) is 44.2 Å². The van der Waals surface area contributed by atoms with Crippen LogP contribution in [0.25, 0.3) is 6.08 Å². The van der Waals surface area contributed by atoms with Crippen LogP contribution in [0.4, 0.5) is 0 Å². The Morgan fingerprint density at radius 3 is 2.54 bits per heavy atom. The SMILES string of the molecule is CCOc1cc(/C=C2\SC(=S)N(NC(=O)c3ccc(Br)cc3)C2=O)ccc1OCc1ccc(Cl)cc1Cl. The lowest BCUT2D eigenvalue weighted by molar-refractivity contribution is -0.123. The van der Waals surface area contributed by atoms with E-state index in [2.05, 4.69) is 21.4 Å². The summed E-state index contributed by atoms with van der Waals surface area (Å²) in [5.41, 5.74) is 4.47. The molecule has 11 heteroatoms. The number of rotatable bonds is 8. The second-order valence-electron chi connectivity index (χ2n) is 7.63. The highest BCUT2D eigenvalue weighted by molar-refractivity contribution is 9.10. The molecule has 1 aliphatic rings. The molecule has 1 aliphatic heterocycles. The lowest BCUT2D eigenvalue weighted by atomic mass is 10.1. The van der Waals surface area contributed by atoms with Crippen molar-refractivity contribution in [2.45, 2.75) is 13.5 Å². The molecule has 1 saturated heterocycles. The molecule has 0 saturated carbocycles. The second-order valence-corrected chi connectivity index (χ2v) is 11.1. The number of amides is 2. The molecule has 0 aliphatic carbocycles. The van der Waals surface area contributed by atoms with Gasteiger partial charge in [-0.15, -0.1) is 0 Å². The Labute approximate surface area is 242 Å². The number of halogens is 3. The molecule has 0 aromatic heterocycles. The van der Waals surface area contributed by atoms with Crippen molar-refractivity contribution in [2.24, 2.45) is 0 Å². The van der Waals surface area contributed by atoms with Crippen LogP contribution in [-0.4, -0.2) is 27.8 Å². The molecule has 3 aromatic rings. The molecule has 1 heterocycles. The zero-order valence-electron chi connectivity index (χ0n) is 19.3. The first-order valence-corrected chi connectivity index (χ1v) is 13.7. The number of hydrogen-bond donors (Lipinski definition) is 1. The minimum absolute atomic E-state index is 0.228. The smallest absolute Gasteiger partial charge is 0.285 e. The van der Waals surface area contributed by atoms with E-state index < -0.39 is 11.8 Å². The molecule has 4 rings (SSSR count). The van der Waals surface area contributed by atoms with Crippen LogP contribution in [0.5, 0.6) is 11.5 Å². The van der Waals surface area contributed by atoms with Crippen molar-refractivity contribution in [3.05, 3.63) is 96.8 Å². The fourth-order valence-electron chi connectivity index (χ4n) is 3.28. The van der Waals surface area contributed by atoms with Gasteiger partial charge in [0.1, 0.15) is 6.61 Å². The summed E-state index contributed by atoms with van der Waals surface area (Å²) in [4.78, 5) is 25.9. The fourth-order valence-corrected chi connectivity index (χ4v) is 5.19. The van der Waals surface area contributed by atoms with Crippen LogP contribution >= 0.6 is 63.1 Å². The zero-order chi connectivity index (χ0) is 26.5. The zero-order valence-corrected chi connectivity index (χ0v) is 24.0. The Hall–Kier alpha value is -2.56. The summed E-state index contributed by atoms with van der Waals surface area (Å²) in [7, 11) is 0. The van der Waals surface area contributed by atoms with E-state index in [9.17, 15) is 9.59 Å². The van der Waals surface area contributed by atoms with Gasteiger partial charge in [0.05, 0.1) is 11.5 Å². The van der Waals surface area contributed by atoms with Crippen LogP contribution in [0.2, 0.25) is 10.0 Å². The molecule has 0 unspecified atom stereocenters. The lowest BCUT2D eigenvalue weighted by Gasteiger charge is -2.15. The number of nitrogens with one attached hydrogen (secondary N) is 1. The van der Waals surface area contributed by atoms with Gasteiger partial charge in [0.2, 0.25) is 0 Å². The summed E-state index contributed by atoms with van der Waals surface area (Å²) in [5, 5.41) is 2.13. The number of benzene rings is 3.